The normalized spacial score (nSPS) is 10.7. The van der Waals surface area contributed by atoms with E-state index in [1.54, 1.807) is 18.3 Å². The molecule has 0 radical (unpaired) electrons. The SMILES string of the molecule is Cc1ccc(/C=N\NC(=O)Cc2ccc([N+](=O)[O-])cc2)cc1Br. The molecule has 0 aliphatic carbocycles. The fraction of sp³-hybridized carbons (Fsp3) is 0.125. The molecule has 0 fully saturated rings. The van der Waals surface area contributed by atoms with Crippen LogP contribution >= 0.6 is 15.9 Å². The smallest absolute Gasteiger partial charge is 0.269 e. The maximum Gasteiger partial charge on any atom is 0.269 e. The van der Waals surface area contributed by atoms with Crippen molar-refractivity contribution in [1.29, 1.82) is 0 Å². The number of hydrazone groups is 1. The summed E-state index contributed by atoms with van der Waals surface area (Å²) in [4.78, 5) is 21.9. The minimum atomic E-state index is -0.478. The van der Waals surface area contributed by atoms with E-state index >= 15 is 0 Å². The maximum absolute atomic E-state index is 11.8. The summed E-state index contributed by atoms with van der Waals surface area (Å²) in [6.07, 6.45) is 1.66. The van der Waals surface area contributed by atoms with Crippen LogP contribution in [0, 0.1) is 17.0 Å². The number of nitro benzene ring substituents is 1. The van der Waals surface area contributed by atoms with Crippen LogP contribution in [-0.2, 0) is 11.2 Å². The molecule has 0 aliphatic rings. The van der Waals surface area contributed by atoms with Gasteiger partial charge in [-0.2, -0.15) is 5.10 Å². The highest BCUT2D eigenvalue weighted by atomic mass is 79.9. The van der Waals surface area contributed by atoms with Crippen molar-refractivity contribution >= 4 is 33.7 Å². The van der Waals surface area contributed by atoms with Crippen LogP contribution in [0.3, 0.4) is 0 Å². The third-order valence-corrected chi connectivity index (χ3v) is 3.96. The van der Waals surface area contributed by atoms with Gasteiger partial charge in [0.25, 0.3) is 5.69 Å². The van der Waals surface area contributed by atoms with Gasteiger partial charge in [0.2, 0.25) is 5.91 Å². The van der Waals surface area contributed by atoms with Gasteiger partial charge in [-0.15, -0.1) is 0 Å². The molecular weight excluding hydrogens is 362 g/mol. The van der Waals surface area contributed by atoms with Gasteiger partial charge in [0.15, 0.2) is 0 Å². The Kier molecular flexibility index (Phi) is 5.59. The Balaban J connectivity index is 1.90. The zero-order valence-electron chi connectivity index (χ0n) is 12.3. The van der Waals surface area contributed by atoms with E-state index < -0.39 is 4.92 Å². The first-order valence-electron chi connectivity index (χ1n) is 6.77. The summed E-state index contributed by atoms with van der Waals surface area (Å²) >= 11 is 3.43. The molecule has 6 nitrogen and oxygen atoms in total. The van der Waals surface area contributed by atoms with Crippen molar-refractivity contribution in [2.24, 2.45) is 5.10 Å². The Labute approximate surface area is 141 Å². The van der Waals surface area contributed by atoms with Crippen LogP contribution in [0.2, 0.25) is 0 Å². The van der Waals surface area contributed by atoms with E-state index in [2.05, 4.69) is 26.5 Å². The number of aryl methyl sites for hydroxylation is 1. The minimum Gasteiger partial charge on any atom is -0.273 e. The molecule has 23 heavy (non-hydrogen) atoms. The summed E-state index contributed by atoms with van der Waals surface area (Å²) in [5, 5.41) is 14.5. The Morgan fingerprint density at radius 2 is 2.00 bits per heavy atom. The van der Waals surface area contributed by atoms with Crippen LogP contribution < -0.4 is 5.43 Å². The topological polar surface area (TPSA) is 84.6 Å². The lowest BCUT2D eigenvalue weighted by Gasteiger charge is -2.01. The van der Waals surface area contributed by atoms with Gasteiger partial charge in [0, 0.05) is 16.6 Å². The number of carbonyl (C=O) groups excluding carboxylic acids is 1. The second-order valence-electron chi connectivity index (χ2n) is 4.90. The monoisotopic (exact) mass is 375 g/mol. The van der Waals surface area contributed by atoms with Crippen molar-refractivity contribution in [2.45, 2.75) is 13.3 Å². The van der Waals surface area contributed by atoms with E-state index in [-0.39, 0.29) is 18.0 Å². The molecule has 118 valence electrons. The third-order valence-electron chi connectivity index (χ3n) is 3.11. The van der Waals surface area contributed by atoms with Gasteiger partial charge in [-0.1, -0.05) is 40.2 Å². The molecule has 1 N–H and O–H groups in total. The molecule has 0 spiro atoms. The molecule has 2 aromatic rings. The number of hydrogen-bond acceptors (Lipinski definition) is 4. The van der Waals surface area contributed by atoms with Gasteiger partial charge in [-0.05, 0) is 29.7 Å². The van der Waals surface area contributed by atoms with Crippen LogP contribution in [0.15, 0.2) is 52.0 Å². The van der Waals surface area contributed by atoms with Crippen molar-refractivity contribution in [1.82, 2.24) is 5.43 Å². The molecular formula is C16H14BrN3O3. The summed E-state index contributed by atoms with van der Waals surface area (Å²) in [6, 6.07) is 11.6. The highest BCUT2D eigenvalue weighted by Gasteiger charge is 2.06. The van der Waals surface area contributed by atoms with E-state index in [0.717, 1.165) is 15.6 Å². The predicted octanol–water partition coefficient (Wildman–Crippen LogP) is 3.36. The number of rotatable bonds is 5. The summed E-state index contributed by atoms with van der Waals surface area (Å²) in [7, 11) is 0. The molecule has 0 saturated heterocycles. The molecule has 0 atom stereocenters. The molecule has 0 aliphatic heterocycles. The quantitative estimate of drug-likeness (QED) is 0.493. The second-order valence-corrected chi connectivity index (χ2v) is 5.76. The number of amides is 1. The van der Waals surface area contributed by atoms with Crippen LogP contribution in [0.1, 0.15) is 16.7 Å². The summed E-state index contributed by atoms with van der Waals surface area (Å²) in [5.74, 6) is -0.290. The zero-order chi connectivity index (χ0) is 16.8. The van der Waals surface area contributed by atoms with Gasteiger partial charge in [-0.3, -0.25) is 14.9 Å². The number of nitrogens with zero attached hydrogens (tertiary/aromatic N) is 2. The zero-order valence-corrected chi connectivity index (χ0v) is 13.9. The van der Waals surface area contributed by atoms with Gasteiger partial charge in [0.1, 0.15) is 0 Å². The largest absolute Gasteiger partial charge is 0.273 e. The third kappa shape index (κ3) is 5.00. The maximum atomic E-state index is 11.8. The van der Waals surface area contributed by atoms with E-state index in [4.69, 9.17) is 0 Å². The Morgan fingerprint density at radius 1 is 1.30 bits per heavy atom. The Morgan fingerprint density at radius 3 is 2.61 bits per heavy atom. The lowest BCUT2D eigenvalue weighted by Crippen LogP contribution is -2.19. The van der Waals surface area contributed by atoms with Crippen LogP contribution in [0.5, 0.6) is 0 Å². The fourth-order valence-electron chi connectivity index (χ4n) is 1.83. The highest BCUT2D eigenvalue weighted by Crippen LogP contribution is 2.16. The van der Waals surface area contributed by atoms with E-state index in [0.29, 0.717) is 5.56 Å². The molecule has 0 heterocycles. The fourth-order valence-corrected chi connectivity index (χ4v) is 2.23. The molecule has 1 amide bonds. The number of halogens is 1. The minimum absolute atomic E-state index is 0.00266. The number of hydrogen-bond donors (Lipinski definition) is 1. The molecule has 7 heteroatoms. The van der Waals surface area contributed by atoms with E-state index in [9.17, 15) is 14.9 Å². The summed E-state index contributed by atoms with van der Waals surface area (Å²) in [5.41, 5.74) is 5.09. The van der Waals surface area contributed by atoms with Crippen molar-refractivity contribution in [3.63, 3.8) is 0 Å². The van der Waals surface area contributed by atoms with E-state index in [1.807, 2.05) is 25.1 Å². The van der Waals surface area contributed by atoms with Gasteiger partial charge in [0.05, 0.1) is 17.6 Å². The average Bonchev–Trinajstić information content (AvgIpc) is 2.51. The van der Waals surface area contributed by atoms with Gasteiger partial charge >= 0.3 is 0 Å². The predicted molar refractivity (Wildman–Crippen MR) is 91.4 cm³/mol. The van der Waals surface area contributed by atoms with Crippen LogP contribution in [-0.4, -0.2) is 17.0 Å². The van der Waals surface area contributed by atoms with Crippen molar-refractivity contribution in [3.8, 4) is 0 Å². The number of nitrogens with one attached hydrogen (secondary N) is 1. The van der Waals surface area contributed by atoms with Crippen molar-refractivity contribution in [2.75, 3.05) is 0 Å². The first-order chi connectivity index (χ1) is 11.0. The first kappa shape index (κ1) is 16.8. The lowest BCUT2D eigenvalue weighted by atomic mass is 10.1. The molecule has 0 saturated carbocycles. The van der Waals surface area contributed by atoms with Crippen molar-refractivity contribution in [3.05, 3.63) is 73.7 Å². The Bertz CT molecular complexity index is 758. The number of carbonyl (C=O) groups is 1. The lowest BCUT2D eigenvalue weighted by molar-refractivity contribution is -0.384. The summed E-state index contributed by atoms with van der Waals surface area (Å²) in [6.45, 7) is 1.98. The van der Waals surface area contributed by atoms with Crippen LogP contribution in [0.4, 0.5) is 5.69 Å². The molecule has 0 unspecified atom stereocenters. The molecule has 0 aromatic heterocycles. The molecule has 2 rings (SSSR count). The van der Waals surface area contributed by atoms with Gasteiger partial charge < -0.3 is 0 Å². The number of non-ortho nitro benzene ring substituents is 1. The highest BCUT2D eigenvalue weighted by molar-refractivity contribution is 9.10. The summed E-state index contributed by atoms with van der Waals surface area (Å²) < 4.78 is 0.971. The first-order valence-corrected chi connectivity index (χ1v) is 7.56. The second kappa shape index (κ2) is 7.64. The Hall–Kier alpha value is -2.54. The van der Waals surface area contributed by atoms with Crippen molar-refractivity contribution < 1.29 is 9.72 Å². The number of nitro groups is 1. The molecule has 0 bridgehead atoms. The van der Waals surface area contributed by atoms with E-state index in [1.165, 1.54) is 12.1 Å². The number of benzene rings is 2. The van der Waals surface area contributed by atoms with Gasteiger partial charge in [-0.25, -0.2) is 5.43 Å². The van der Waals surface area contributed by atoms with Crippen LogP contribution in [0.25, 0.3) is 0 Å². The standard InChI is InChI=1S/C16H14BrN3O3/c1-11-2-3-13(8-15(11)17)10-18-19-16(21)9-12-4-6-14(7-5-12)20(22)23/h2-8,10H,9H2,1H3,(H,19,21)/b18-10-. The molecule has 2 aromatic carbocycles. The average molecular weight is 376 g/mol.